The Bertz CT molecular complexity index is 659. The Morgan fingerprint density at radius 1 is 1.18 bits per heavy atom. The summed E-state index contributed by atoms with van der Waals surface area (Å²) in [6.45, 7) is 0.326. The van der Waals surface area contributed by atoms with Crippen LogP contribution in [0.15, 0.2) is 41.3 Å². The molecule has 116 valence electrons. The summed E-state index contributed by atoms with van der Waals surface area (Å²) in [4.78, 5) is 13.3. The van der Waals surface area contributed by atoms with Gasteiger partial charge in [-0.05, 0) is 35.9 Å². The Morgan fingerprint density at radius 2 is 1.86 bits per heavy atom. The number of carbonyl (C=O) groups is 1. The minimum atomic E-state index is -0.605. The van der Waals surface area contributed by atoms with Crippen LogP contribution >= 0.6 is 11.8 Å². The first-order chi connectivity index (χ1) is 10.5. The van der Waals surface area contributed by atoms with Crippen LogP contribution in [0, 0.1) is 11.6 Å². The highest BCUT2D eigenvalue weighted by molar-refractivity contribution is 8.00. The van der Waals surface area contributed by atoms with Crippen LogP contribution in [0.2, 0.25) is 0 Å². The summed E-state index contributed by atoms with van der Waals surface area (Å²) in [6.07, 6.45) is 0.826. The number of hydrogen-bond acceptors (Lipinski definition) is 4. The molecule has 0 radical (unpaired) electrons. The lowest BCUT2D eigenvalue weighted by molar-refractivity contribution is -0.105. The predicted octanol–water partition coefficient (Wildman–Crippen LogP) is 3.47. The van der Waals surface area contributed by atoms with Gasteiger partial charge in [-0.2, -0.15) is 0 Å². The van der Waals surface area contributed by atoms with E-state index in [-0.39, 0.29) is 0 Å². The average molecular weight is 322 g/mol. The van der Waals surface area contributed by atoms with E-state index in [4.69, 9.17) is 5.73 Å². The van der Waals surface area contributed by atoms with Gasteiger partial charge in [0.1, 0.15) is 17.9 Å². The molecular weight excluding hydrogens is 306 g/mol. The lowest BCUT2D eigenvalue weighted by atomic mass is 10.2. The zero-order valence-electron chi connectivity index (χ0n) is 12.1. The molecule has 2 aromatic rings. The summed E-state index contributed by atoms with van der Waals surface area (Å²) in [5.41, 5.74) is 7.73. The van der Waals surface area contributed by atoms with E-state index in [1.807, 2.05) is 18.0 Å². The van der Waals surface area contributed by atoms with Crippen LogP contribution in [0.4, 0.5) is 20.2 Å². The lowest BCUT2D eigenvalue weighted by Crippen LogP contribution is -2.17. The molecule has 3 nitrogen and oxygen atoms in total. The smallest absolute Gasteiger partial charge is 0.130 e. The number of hydrogen-bond donors (Lipinski definition) is 1. The summed E-state index contributed by atoms with van der Waals surface area (Å²) >= 11 is 1.39. The quantitative estimate of drug-likeness (QED) is 0.502. The largest absolute Gasteiger partial charge is 0.399 e. The topological polar surface area (TPSA) is 46.3 Å². The molecule has 22 heavy (non-hydrogen) atoms. The molecule has 0 saturated heterocycles. The van der Waals surface area contributed by atoms with Gasteiger partial charge in [0.2, 0.25) is 0 Å². The van der Waals surface area contributed by atoms with Crippen molar-refractivity contribution in [2.75, 3.05) is 23.4 Å². The van der Waals surface area contributed by atoms with Gasteiger partial charge in [-0.15, -0.1) is 11.8 Å². The molecule has 0 aromatic heterocycles. The number of thioether (sulfide) groups is 1. The maximum absolute atomic E-state index is 13.3. The summed E-state index contributed by atoms with van der Waals surface area (Å²) in [5, 5.41) is 0. The Labute approximate surface area is 132 Å². The van der Waals surface area contributed by atoms with Crippen molar-refractivity contribution in [2.45, 2.75) is 11.4 Å². The number of aldehydes is 1. The van der Waals surface area contributed by atoms with Crippen molar-refractivity contribution < 1.29 is 13.6 Å². The van der Waals surface area contributed by atoms with Crippen LogP contribution in [0.25, 0.3) is 0 Å². The van der Waals surface area contributed by atoms with E-state index in [1.54, 1.807) is 12.1 Å². The van der Waals surface area contributed by atoms with Crippen LogP contribution in [0.1, 0.15) is 5.56 Å². The Hall–Kier alpha value is -2.08. The molecular formula is C16H16F2N2OS. The van der Waals surface area contributed by atoms with Gasteiger partial charge >= 0.3 is 0 Å². The Morgan fingerprint density at radius 3 is 2.50 bits per heavy atom. The van der Waals surface area contributed by atoms with Crippen molar-refractivity contribution in [3.63, 3.8) is 0 Å². The van der Waals surface area contributed by atoms with Crippen molar-refractivity contribution in [1.82, 2.24) is 0 Å². The monoisotopic (exact) mass is 322 g/mol. The second-order valence-corrected chi connectivity index (χ2v) is 5.90. The fraction of sp³-hybridized carbons (Fsp3) is 0.188. The van der Waals surface area contributed by atoms with Gasteiger partial charge in [0.05, 0.1) is 11.4 Å². The van der Waals surface area contributed by atoms with Crippen LogP contribution in [0.5, 0.6) is 0 Å². The summed E-state index contributed by atoms with van der Waals surface area (Å²) in [7, 11) is 1.81. The third-order valence-electron chi connectivity index (χ3n) is 3.04. The SMILES string of the molecule is CN(Cc1cc(F)cc(F)c1)c1cc(N)ccc1SCC=O. The number of nitrogens with two attached hydrogens (primary N) is 1. The summed E-state index contributed by atoms with van der Waals surface area (Å²) < 4.78 is 26.5. The second kappa shape index (κ2) is 7.26. The third kappa shape index (κ3) is 4.21. The number of carbonyl (C=O) groups excluding carboxylic acids is 1. The number of nitrogens with zero attached hydrogens (tertiary/aromatic N) is 1. The maximum atomic E-state index is 13.3. The highest BCUT2D eigenvalue weighted by atomic mass is 32.2. The normalized spacial score (nSPS) is 10.5. The summed E-state index contributed by atoms with van der Waals surface area (Å²) in [5.74, 6) is -0.877. The second-order valence-electron chi connectivity index (χ2n) is 4.84. The molecule has 2 N–H and O–H groups in total. The lowest BCUT2D eigenvalue weighted by Gasteiger charge is -2.22. The molecule has 2 rings (SSSR count). The molecule has 0 unspecified atom stereocenters. The van der Waals surface area contributed by atoms with Gasteiger partial charge in [0.25, 0.3) is 0 Å². The number of nitrogen functional groups attached to an aromatic ring is 1. The van der Waals surface area contributed by atoms with Crippen LogP contribution in [-0.4, -0.2) is 19.1 Å². The summed E-state index contributed by atoms with van der Waals surface area (Å²) in [6, 6.07) is 8.81. The molecule has 2 aromatic carbocycles. The zero-order chi connectivity index (χ0) is 16.1. The van der Waals surface area contributed by atoms with Gasteiger partial charge in [-0.25, -0.2) is 8.78 Å². The van der Waals surface area contributed by atoms with Gasteiger partial charge in [0, 0.05) is 30.2 Å². The van der Waals surface area contributed by atoms with E-state index in [2.05, 4.69) is 0 Å². The first-order valence-corrected chi connectivity index (χ1v) is 7.60. The molecule has 0 saturated carbocycles. The fourth-order valence-electron chi connectivity index (χ4n) is 2.14. The van der Waals surface area contributed by atoms with Crippen LogP contribution < -0.4 is 10.6 Å². The first-order valence-electron chi connectivity index (χ1n) is 6.61. The average Bonchev–Trinajstić information content (AvgIpc) is 2.44. The Kier molecular flexibility index (Phi) is 5.38. The van der Waals surface area contributed by atoms with Gasteiger partial charge in [-0.3, -0.25) is 0 Å². The van der Waals surface area contributed by atoms with Crippen molar-refractivity contribution in [3.8, 4) is 0 Å². The minimum absolute atomic E-state index is 0.326. The number of benzene rings is 2. The molecule has 0 heterocycles. The van der Waals surface area contributed by atoms with E-state index < -0.39 is 11.6 Å². The molecule has 0 aliphatic heterocycles. The predicted molar refractivity (Wildman–Crippen MR) is 86.1 cm³/mol. The Balaban J connectivity index is 2.25. The molecule has 0 fully saturated rings. The molecule has 0 amide bonds. The standard InChI is InChI=1S/C16H16F2N2OS/c1-20(10-11-6-12(17)8-13(18)7-11)15-9-14(19)2-3-16(15)22-5-4-21/h2-4,6-9H,5,10,19H2,1H3. The van der Waals surface area contributed by atoms with Gasteiger partial charge in [0.15, 0.2) is 0 Å². The first kappa shape index (κ1) is 16.3. The molecule has 0 atom stereocenters. The van der Waals surface area contributed by atoms with E-state index in [0.717, 1.165) is 22.9 Å². The van der Waals surface area contributed by atoms with E-state index in [9.17, 15) is 13.6 Å². The minimum Gasteiger partial charge on any atom is -0.399 e. The van der Waals surface area contributed by atoms with Crippen LogP contribution in [-0.2, 0) is 11.3 Å². The number of anilines is 2. The number of rotatable bonds is 6. The fourth-order valence-corrected chi connectivity index (χ4v) is 2.91. The van der Waals surface area contributed by atoms with Crippen molar-refractivity contribution >= 4 is 29.4 Å². The molecule has 0 bridgehead atoms. The molecule has 0 spiro atoms. The molecule has 0 aliphatic carbocycles. The van der Waals surface area contributed by atoms with E-state index in [0.29, 0.717) is 23.5 Å². The van der Waals surface area contributed by atoms with Crippen molar-refractivity contribution in [1.29, 1.82) is 0 Å². The molecule has 0 aliphatic rings. The van der Waals surface area contributed by atoms with Crippen LogP contribution in [0.3, 0.4) is 0 Å². The van der Waals surface area contributed by atoms with Gasteiger partial charge < -0.3 is 15.4 Å². The zero-order valence-corrected chi connectivity index (χ0v) is 12.9. The van der Waals surface area contributed by atoms with Crippen molar-refractivity contribution in [2.24, 2.45) is 0 Å². The maximum Gasteiger partial charge on any atom is 0.130 e. The van der Waals surface area contributed by atoms with E-state index in [1.165, 1.54) is 23.9 Å². The van der Waals surface area contributed by atoms with Crippen molar-refractivity contribution in [3.05, 3.63) is 53.6 Å². The van der Waals surface area contributed by atoms with Gasteiger partial charge in [-0.1, -0.05) is 0 Å². The highest BCUT2D eigenvalue weighted by Crippen LogP contribution is 2.32. The third-order valence-corrected chi connectivity index (χ3v) is 4.00. The van der Waals surface area contributed by atoms with E-state index >= 15 is 0 Å². The number of halogens is 2. The highest BCUT2D eigenvalue weighted by Gasteiger charge is 2.10. The molecule has 6 heteroatoms.